The first-order valence-electron chi connectivity index (χ1n) is 9.24. The average molecular weight is 385 g/mol. The van der Waals surface area contributed by atoms with Crippen molar-refractivity contribution in [1.29, 1.82) is 0 Å². The van der Waals surface area contributed by atoms with Crippen LogP contribution in [0.1, 0.15) is 5.56 Å². The zero-order valence-electron chi connectivity index (χ0n) is 16.0. The first-order valence-corrected chi connectivity index (χ1v) is 10.1. The summed E-state index contributed by atoms with van der Waals surface area (Å²) in [5, 5.41) is 1.04. The van der Waals surface area contributed by atoms with E-state index in [2.05, 4.69) is 71.0 Å². The second-order valence-electron chi connectivity index (χ2n) is 7.07. The second kappa shape index (κ2) is 6.46. The Hall–Kier alpha value is -3.18. The maximum absolute atomic E-state index is 4.99. The Balaban J connectivity index is 1.76. The predicted octanol–water partition coefficient (Wildman–Crippen LogP) is 5.68. The lowest BCUT2D eigenvalue weighted by atomic mass is 10.1. The zero-order valence-corrected chi connectivity index (χ0v) is 16.9. The summed E-state index contributed by atoms with van der Waals surface area (Å²) in [5.41, 5.74) is 6.60. The van der Waals surface area contributed by atoms with Crippen molar-refractivity contribution in [3.63, 3.8) is 0 Å². The number of hydrogen-bond donors (Lipinski definition) is 0. The molecule has 0 aliphatic carbocycles. The van der Waals surface area contributed by atoms with Crippen LogP contribution >= 0.6 is 11.3 Å². The van der Waals surface area contributed by atoms with Gasteiger partial charge in [0.25, 0.3) is 0 Å². The molecule has 0 spiro atoms. The van der Waals surface area contributed by atoms with E-state index in [1.807, 2.05) is 26.2 Å². The Morgan fingerprint density at radius 1 is 0.857 bits per heavy atom. The standard InChI is InChI=1S/C23H20N4S/c1-15-17(22-24-18-11-7-8-12-20(18)28-22)13-14-19-21(15)25-23(26(2)3)27(19)16-9-5-4-6-10-16/h4-14H,1-3H3. The fourth-order valence-electron chi connectivity index (χ4n) is 3.62. The van der Waals surface area contributed by atoms with Crippen LogP contribution in [0.5, 0.6) is 0 Å². The van der Waals surface area contributed by atoms with Gasteiger partial charge in [-0.3, -0.25) is 4.57 Å². The maximum atomic E-state index is 4.99. The Morgan fingerprint density at radius 3 is 2.36 bits per heavy atom. The molecule has 0 atom stereocenters. The summed E-state index contributed by atoms with van der Waals surface area (Å²) in [6.45, 7) is 2.14. The largest absolute Gasteiger partial charge is 0.348 e. The number of aromatic nitrogens is 3. The molecular formula is C23H20N4S. The van der Waals surface area contributed by atoms with Crippen molar-refractivity contribution in [2.24, 2.45) is 0 Å². The molecular weight excluding hydrogens is 364 g/mol. The molecule has 0 aliphatic heterocycles. The third-order valence-electron chi connectivity index (χ3n) is 5.00. The van der Waals surface area contributed by atoms with Gasteiger partial charge >= 0.3 is 0 Å². The van der Waals surface area contributed by atoms with E-state index in [1.54, 1.807) is 11.3 Å². The molecule has 5 heteroatoms. The van der Waals surface area contributed by atoms with E-state index >= 15 is 0 Å². The number of benzene rings is 3. The molecule has 0 fully saturated rings. The number of imidazole rings is 1. The summed E-state index contributed by atoms with van der Waals surface area (Å²) in [6, 6.07) is 23.0. The maximum Gasteiger partial charge on any atom is 0.210 e. The molecule has 0 unspecified atom stereocenters. The van der Waals surface area contributed by atoms with Crippen LogP contribution in [0.15, 0.2) is 66.7 Å². The molecule has 5 aromatic rings. The molecule has 4 nitrogen and oxygen atoms in total. The lowest BCUT2D eigenvalue weighted by Gasteiger charge is -2.15. The minimum atomic E-state index is 0.922. The van der Waals surface area contributed by atoms with Gasteiger partial charge in [-0.2, -0.15) is 0 Å². The molecule has 138 valence electrons. The van der Waals surface area contributed by atoms with E-state index in [1.165, 1.54) is 4.70 Å². The molecule has 2 aromatic heterocycles. The molecule has 0 N–H and O–H groups in total. The van der Waals surface area contributed by atoms with E-state index < -0.39 is 0 Å². The highest BCUT2D eigenvalue weighted by atomic mass is 32.1. The quantitative estimate of drug-likeness (QED) is 0.401. The third-order valence-corrected chi connectivity index (χ3v) is 6.07. The van der Waals surface area contributed by atoms with Crippen molar-refractivity contribution in [1.82, 2.24) is 14.5 Å². The molecule has 0 radical (unpaired) electrons. The average Bonchev–Trinajstić information content (AvgIpc) is 3.31. The van der Waals surface area contributed by atoms with Crippen LogP contribution in [0.4, 0.5) is 5.95 Å². The number of anilines is 1. The summed E-state index contributed by atoms with van der Waals surface area (Å²) in [5.74, 6) is 0.922. The van der Waals surface area contributed by atoms with Crippen LogP contribution < -0.4 is 4.90 Å². The normalized spacial score (nSPS) is 11.4. The molecule has 28 heavy (non-hydrogen) atoms. The Morgan fingerprint density at radius 2 is 1.61 bits per heavy atom. The molecule has 0 aliphatic rings. The van der Waals surface area contributed by atoms with Gasteiger partial charge in [0.2, 0.25) is 5.95 Å². The van der Waals surface area contributed by atoms with E-state index in [0.29, 0.717) is 0 Å². The van der Waals surface area contributed by atoms with Gasteiger partial charge in [0, 0.05) is 25.3 Å². The lowest BCUT2D eigenvalue weighted by molar-refractivity contribution is 0.970. The summed E-state index contributed by atoms with van der Waals surface area (Å²) in [4.78, 5) is 11.9. The number of fused-ring (bicyclic) bond motifs is 2. The van der Waals surface area contributed by atoms with Gasteiger partial charge in [-0.25, -0.2) is 9.97 Å². The number of para-hydroxylation sites is 2. The number of thiazole rings is 1. The summed E-state index contributed by atoms with van der Waals surface area (Å²) >= 11 is 1.73. The lowest BCUT2D eigenvalue weighted by Crippen LogP contribution is -2.14. The summed E-state index contributed by atoms with van der Waals surface area (Å²) < 4.78 is 3.42. The summed E-state index contributed by atoms with van der Waals surface area (Å²) in [7, 11) is 4.06. The van der Waals surface area contributed by atoms with Crippen LogP contribution in [0, 0.1) is 6.92 Å². The fourth-order valence-corrected chi connectivity index (χ4v) is 4.66. The number of hydrogen-bond acceptors (Lipinski definition) is 4. The van der Waals surface area contributed by atoms with Crippen molar-refractivity contribution in [2.75, 3.05) is 19.0 Å². The van der Waals surface area contributed by atoms with Crippen molar-refractivity contribution in [3.05, 3.63) is 72.3 Å². The Labute approximate surface area is 167 Å². The fraction of sp³-hybridized carbons (Fsp3) is 0.130. The van der Waals surface area contributed by atoms with Crippen LogP contribution in [-0.4, -0.2) is 28.6 Å². The number of aryl methyl sites for hydroxylation is 1. The first kappa shape index (κ1) is 17.0. The molecule has 5 rings (SSSR count). The molecule has 0 saturated heterocycles. The minimum absolute atomic E-state index is 0.922. The number of nitrogens with zero attached hydrogens (tertiary/aromatic N) is 4. The Bertz CT molecular complexity index is 1270. The van der Waals surface area contributed by atoms with Crippen molar-refractivity contribution < 1.29 is 0 Å². The highest BCUT2D eigenvalue weighted by Gasteiger charge is 2.18. The summed E-state index contributed by atoms with van der Waals surface area (Å²) in [6.07, 6.45) is 0. The molecule has 0 bridgehead atoms. The topological polar surface area (TPSA) is 34.0 Å². The predicted molar refractivity (Wildman–Crippen MR) is 119 cm³/mol. The first-order chi connectivity index (χ1) is 13.6. The van der Waals surface area contributed by atoms with Gasteiger partial charge in [0.1, 0.15) is 5.01 Å². The monoisotopic (exact) mass is 384 g/mol. The molecule has 2 heterocycles. The zero-order chi connectivity index (χ0) is 19.3. The van der Waals surface area contributed by atoms with E-state index in [9.17, 15) is 0 Å². The van der Waals surface area contributed by atoms with E-state index in [0.717, 1.165) is 44.3 Å². The van der Waals surface area contributed by atoms with Gasteiger partial charge < -0.3 is 4.90 Å². The van der Waals surface area contributed by atoms with Gasteiger partial charge in [0.15, 0.2) is 0 Å². The van der Waals surface area contributed by atoms with Crippen LogP contribution in [0.25, 0.3) is 37.5 Å². The van der Waals surface area contributed by atoms with Crippen LogP contribution in [0.3, 0.4) is 0 Å². The highest BCUT2D eigenvalue weighted by Crippen LogP contribution is 2.36. The van der Waals surface area contributed by atoms with Gasteiger partial charge in [-0.1, -0.05) is 30.3 Å². The van der Waals surface area contributed by atoms with Crippen LogP contribution in [0.2, 0.25) is 0 Å². The third kappa shape index (κ3) is 2.59. The van der Waals surface area contributed by atoms with Gasteiger partial charge in [0.05, 0.1) is 21.3 Å². The van der Waals surface area contributed by atoms with Gasteiger partial charge in [-0.05, 0) is 48.9 Å². The second-order valence-corrected chi connectivity index (χ2v) is 8.10. The Kier molecular flexibility index (Phi) is 3.91. The smallest absolute Gasteiger partial charge is 0.210 e. The SMILES string of the molecule is Cc1c(-c2nc3ccccc3s2)ccc2c1nc(N(C)C)n2-c1ccccc1. The minimum Gasteiger partial charge on any atom is -0.348 e. The van der Waals surface area contributed by atoms with Crippen LogP contribution in [-0.2, 0) is 0 Å². The number of rotatable bonds is 3. The molecule has 0 saturated carbocycles. The van der Waals surface area contributed by atoms with Gasteiger partial charge in [-0.15, -0.1) is 11.3 Å². The molecule has 3 aromatic carbocycles. The molecule has 0 amide bonds. The van der Waals surface area contributed by atoms with Crippen molar-refractivity contribution in [2.45, 2.75) is 6.92 Å². The van der Waals surface area contributed by atoms with E-state index in [4.69, 9.17) is 9.97 Å². The van der Waals surface area contributed by atoms with Crippen molar-refractivity contribution >= 4 is 38.5 Å². The van der Waals surface area contributed by atoms with E-state index in [-0.39, 0.29) is 0 Å². The highest BCUT2D eigenvalue weighted by molar-refractivity contribution is 7.21. The van der Waals surface area contributed by atoms with Crippen molar-refractivity contribution in [3.8, 4) is 16.3 Å².